The van der Waals surface area contributed by atoms with Crippen molar-refractivity contribution in [2.75, 3.05) is 6.61 Å². The Morgan fingerprint density at radius 3 is 2.62 bits per heavy atom. The van der Waals surface area contributed by atoms with Gasteiger partial charge in [-0.05, 0) is 24.3 Å². The molecule has 26 heavy (non-hydrogen) atoms. The summed E-state index contributed by atoms with van der Waals surface area (Å²) in [6.45, 7) is -0.712. The van der Waals surface area contributed by atoms with Crippen LogP contribution in [0.25, 0.3) is 0 Å². The predicted molar refractivity (Wildman–Crippen MR) is 88.5 cm³/mol. The fraction of sp³-hybridized carbons (Fsp3) is 0.0714. The van der Waals surface area contributed by atoms with E-state index in [0.29, 0.717) is 0 Å². The fourth-order valence-corrected chi connectivity index (χ4v) is 2.86. The summed E-state index contributed by atoms with van der Waals surface area (Å²) < 4.78 is 42.5. The number of sulfonamides is 1. The van der Waals surface area contributed by atoms with Gasteiger partial charge in [0.25, 0.3) is 15.9 Å². The van der Waals surface area contributed by atoms with E-state index >= 15 is 0 Å². The Kier molecular flexibility index (Phi) is 6.08. The smallest absolute Gasteiger partial charge is 0.310 e. The molecule has 1 amide bonds. The van der Waals surface area contributed by atoms with Crippen LogP contribution >= 0.6 is 11.6 Å². The third-order valence-corrected chi connectivity index (χ3v) is 4.44. The molecule has 12 heteroatoms. The summed E-state index contributed by atoms with van der Waals surface area (Å²) in [5.74, 6) is -2.23. The molecule has 0 heterocycles. The van der Waals surface area contributed by atoms with E-state index in [0.717, 1.165) is 12.1 Å². The highest BCUT2D eigenvalue weighted by atomic mass is 35.5. The number of nitro benzene ring substituents is 1. The van der Waals surface area contributed by atoms with Crippen molar-refractivity contribution in [1.29, 1.82) is 0 Å². The molecule has 0 spiro atoms. The monoisotopic (exact) mass is 403 g/mol. The Labute approximate surface area is 151 Å². The Bertz CT molecular complexity index is 953. The van der Waals surface area contributed by atoms with Gasteiger partial charge in [0.1, 0.15) is 10.7 Å². The number of halogens is 2. The first-order chi connectivity index (χ1) is 12.2. The number of hydrogen-bond donors (Lipinski definition) is 2. The number of carbonyl (C=O) groups is 1. The van der Waals surface area contributed by atoms with Crippen molar-refractivity contribution in [3.63, 3.8) is 0 Å². The van der Waals surface area contributed by atoms with Gasteiger partial charge in [0, 0.05) is 11.1 Å². The third kappa shape index (κ3) is 4.88. The highest BCUT2D eigenvalue weighted by molar-refractivity contribution is 7.89. The van der Waals surface area contributed by atoms with E-state index in [1.165, 1.54) is 30.3 Å². The topological polar surface area (TPSA) is 128 Å². The van der Waals surface area contributed by atoms with Gasteiger partial charge in [-0.1, -0.05) is 23.7 Å². The lowest BCUT2D eigenvalue weighted by atomic mass is 10.3. The molecule has 0 saturated carbocycles. The number of para-hydroxylation sites is 2. The molecule has 0 aliphatic carbocycles. The standard InChI is InChI=1S/C14H11ClFN3O6S/c15-9-5-6-13(10(16)7-9)26(23,24)18-17-14(20)8-25-12-4-2-1-3-11(12)19(21)22/h1-7,18H,8H2,(H,17,20). The Morgan fingerprint density at radius 1 is 1.27 bits per heavy atom. The molecule has 2 N–H and O–H groups in total. The second kappa shape index (κ2) is 8.08. The SMILES string of the molecule is O=C(COc1ccccc1[N+](=O)[O-])NNS(=O)(=O)c1ccc(Cl)cc1F. The molecule has 2 rings (SSSR count). The minimum Gasteiger partial charge on any atom is -0.477 e. The zero-order chi connectivity index (χ0) is 19.3. The molecule has 0 bridgehead atoms. The minimum absolute atomic E-state index is 0.00309. The lowest BCUT2D eigenvalue weighted by Gasteiger charge is -2.10. The number of carbonyl (C=O) groups excluding carboxylic acids is 1. The van der Waals surface area contributed by atoms with Crippen molar-refractivity contribution < 1.29 is 27.3 Å². The van der Waals surface area contributed by atoms with E-state index in [-0.39, 0.29) is 16.5 Å². The number of ether oxygens (including phenoxy) is 1. The summed E-state index contributed by atoms with van der Waals surface area (Å²) in [6.07, 6.45) is 0. The summed E-state index contributed by atoms with van der Waals surface area (Å²) in [5.41, 5.74) is 1.45. The van der Waals surface area contributed by atoms with E-state index in [9.17, 15) is 27.7 Å². The number of hydrazine groups is 1. The molecule has 9 nitrogen and oxygen atoms in total. The van der Waals surface area contributed by atoms with Crippen molar-refractivity contribution in [3.05, 3.63) is 63.4 Å². The molecule has 138 valence electrons. The summed E-state index contributed by atoms with van der Waals surface area (Å²) >= 11 is 5.54. The fourth-order valence-electron chi connectivity index (χ4n) is 1.78. The van der Waals surface area contributed by atoms with Crippen LogP contribution in [0, 0.1) is 15.9 Å². The first kappa shape index (κ1) is 19.6. The van der Waals surface area contributed by atoms with Crippen molar-refractivity contribution in [2.24, 2.45) is 0 Å². The highest BCUT2D eigenvalue weighted by Gasteiger charge is 2.20. The number of benzene rings is 2. The number of hydrogen-bond acceptors (Lipinski definition) is 6. The Hall–Kier alpha value is -2.76. The van der Waals surface area contributed by atoms with Gasteiger partial charge in [0.15, 0.2) is 12.4 Å². The molecule has 2 aromatic carbocycles. The zero-order valence-corrected chi connectivity index (χ0v) is 14.4. The maximum atomic E-state index is 13.7. The summed E-state index contributed by atoms with van der Waals surface area (Å²) in [7, 11) is -4.39. The molecule has 0 aliphatic rings. The van der Waals surface area contributed by atoms with Gasteiger partial charge in [0.05, 0.1) is 4.92 Å². The van der Waals surface area contributed by atoms with Crippen LogP contribution in [-0.4, -0.2) is 25.9 Å². The number of nitro groups is 1. The van der Waals surface area contributed by atoms with Gasteiger partial charge in [0.2, 0.25) is 0 Å². The number of rotatable bonds is 7. The zero-order valence-electron chi connectivity index (χ0n) is 12.8. The van der Waals surface area contributed by atoms with E-state index in [1.54, 1.807) is 4.83 Å². The van der Waals surface area contributed by atoms with Gasteiger partial charge in [-0.2, -0.15) is 0 Å². The van der Waals surface area contributed by atoms with Crippen molar-refractivity contribution in [2.45, 2.75) is 4.90 Å². The molecule has 0 unspecified atom stereocenters. The van der Waals surface area contributed by atoms with Gasteiger partial charge in [-0.3, -0.25) is 20.3 Å². The molecule has 0 atom stereocenters. The van der Waals surface area contributed by atoms with Crippen molar-refractivity contribution in [3.8, 4) is 5.75 Å². The van der Waals surface area contributed by atoms with Crippen LogP contribution in [0.1, 0.15) is 0 Å². The number of nitrogens with zero attached hydrogens (tertiary/aromatic N) is 1. The molecule has 0 radical (unpaired) electrons. The second-order valence-electron chi connectivity index (χ2n) is 4.74. The van der Waals surface area contributed by atoms with Gasteiger partial charge >= 0.3 is 5.69 Å². The largest absolute Gasteiger partial charge is 0.477 e. The molecule has 0 saturated heterocycles. The number of amides is 1. The average Bonchev–Trinajstić information content (AvgIpc) is 2.58. The van der Waals surface area contributed by atoms with Crippen molar-refractivity contribution >= 4 is 33.2 Å². The minimum atomic E-state index is -4.39. The maximum absolute atomic E-state index is 13.7. The van der Waals surface area contributed by atoms with E-state index in [4.69, 9.17) is 16.3 Å². The van der Waals surface area contributed by atoms with Crippen LogP contribution in [0.3, 0.4) is 0 Å². The lowest BCUT2D eigenvalue weighted by molar-refractivity contribution is -0.385. The van der Waals surface area contributed by atoms with Crippen LogP contribution in [0.4, 0.5) is 10.1 Å². The van der Waals surface area contributed by atoms with Gasteiger partial charge in [-0.15, -0.1) is 4.83 Å². The third-order valence-electron chi connectivity index (χ3n) is 2.93. The van der Waals surface area contributed by atoms with Crippen LogP contribution in [-0.2, 0) is 14.8 Å². The molecule has 0 aliphatic heterocycles. The summed E-state index contributed by atoms with van der Waals surface area (Å²) in [6, 6.07) is 8.23. The second-order valence-corrected chi connectivity index (χ2v) is 6.83. The van der Waals surface area contributed by atoms with Crippen LogP contribution in [0.5, 0.6) is 5.75 Å². The van der Waals surface area contributed by atoms with Crippen molar-refractivity contribution in [1.82, 2.24) is 10.3 Å². The first-order valence-electron chi connectivity index (χ1n) is 6.82. The molecule has 0 aromatic heterocycles. The molecule has 2 aromatic rings. The Balaban J connectivity index is 1.97. The van der Waals surface area contributed by atoms with Gasteiger partial charge in [-0.25, -0.2) is 12.8 Å². The van der Waals surface area contributed by atoms with E-state index < -0.39 is 38.2 Å². The first-order valence-corrected chi connectivity index (χ1v) is 8.69. The van der Waals surface area contributed by atoms with Crippen LogP contribution < -0.4 is 15.0 Å². The summed E-state index contributed by atoms with van der Waals surface area (Å²) in [5, 5.41) is 10.8. The van der Waals surface area contributed by atoms with E-state index in [1.807, 2.05) is 5.43 Å². The molecular weight excluding hydrogens is 393 g/mol. The lowest BCUT2D eigenvalue weighted by Crippen LogP contribution is -2.44. The molecule has 0 fully saturated rings. The molecular formula is C14H11ClFN3O6S. The normalized spacial score (nSPS) is 11.0. The highest BCUT2D eigenvalue weighted by Crippen LogP contribution is 2.25. The predicted octanol–water partition coefficient (Wildman–Crippen LogP) is 1.78. The van der Waals surface area contributed by atoms with Crippen LogP contribution in [0.2, 0.25) is 5.02 Å². The Morgan fingerprint density at radius 2 is 1.96 bits per heavy atom. The van der Waals surface area contributed by atoms with E-state index in [2.05, 4.69) is 0 Å². The number of nitrogens with one attached hydrogen (secondary N) is 2. The quantitative estimate of drug-likeness (QED) is 0.535. The summed E-state index contributed by atoms with van der Waals surface area (Å²) in [4.78, 5) is 22.8. The van der Waals surface area contributed by atoms with Crippen LogP contribution in [0.15, 0.2) is 47.4 Å². The van der Waals surface area contributed by atoms with Gasteiger partial charge < -0.3 is 4.74 Å². The maximum Gasteiger partial charge on any atom is 0.310 e. The average molecular weight is 404 g/mol.